The summed E-state index contributed by atoms with van der Waals surface area (Å²) in [5.74, 6) is -0.0473. The third-order valence-electron chi connectivity index (χ3n) is 3.37. The SMILES string of the molecule is CCCCC(C(N)=O)N1CCC(C=O)CC1. The molecule has 0 aliphatic carbocycles. The minimum atomic E-state index is -0.224. The van der Waals surface area contributed by atoms with Crippen molar-refractivity contribution < 1.29 is 9.59 Å². The predicted octanol–water partition coefficient (Wildman–Crippen LogP) is 0.941. The third kappa shape index (κ3) is 3.59. The minimum absolute atomic E-state index is 0.132. The van der Waals surface area contributed by atoms with Crippen LogP contribution < -0.4 is 5.73 Å². The van der Waals surface area contributed by atoms with Gasteiger partial charge >= 0.3 is 0 Å². The first-order chi connectivity index (χ1) is 7.69. The van der Waals surface area contributed by atoms with Crippen LogP contribution in [0.4, 0.5) is 0 Å². The fourth-order valence-electron chi connectivity index (χ4n) is 2.27. The molecule has 4 heteroatoms. The molecular formula is C12H22N2O2. The van der Waals surface area contributed by atoms with Crippen LogP contribution in [0.2, 0.25) is 0 Å². The zero-order chi connectivity index (χ0) is 12.0. The van der Waals surface area contributed by atoms with Gasteiger partial charge in [-0.05, 0) is 32.4 Å². The lowest BCUT2D eigenvalue weighted by Gasteiger charge is -2.34. The van der Waals surface area contributed by atoms with E-state index in [-0.39, 0.29) is 17.9 Å². The summed E-state index contributed by atoms with van der Waals surface area (Å²) in [5.41, 5.74) is 5.43. The Morgan fingerprint density at radius 2 is 2.12 bits per heavy atom. The van der Waals surface area contributed by atoms with Crippen LogP contribution in [0.1, 0.15) is 39.0 Å². The van der Waals surface area contributed by atoms with Crippen molar-refractivity contribution in [3.05, 3.63) is 0 Å². The first-order valence-electron chi connectivity index (χ1n) is 6.17. The molecule has 1 unspecified atom stereocenters. The van der Waals surface area contributed by atoms with Crippen LogP contribution >= 0.6 is 0 Å². The number of likely N-dealkylation sites (tertiary alicyclic amines) is 1. The fourth-order valence-corrected chi connectivity index (χ4v) is 2.27. The van der Waals surface area contributed by atoms with E-state index in [9.17, 15) is 9.59 Å². The number of carbonyl (C=O) groups excluding carboxylic acids is 2. The Balaban J connectivity index is 2.46. The van der Waals surface area contributed by atoms with Gasteiger partial charge in [0.1, 0.15) is 6.29 Å². The van der Waals surface area contributed by atoms with Gasteiger partial charge in [-0.2, -0.15) is 0 Å². The lowest BCUT2D eigenvalue weighted by molar-refractivity contribution is -0.124. The Kier molecular flexibility index (Phi) is 5.46. The van der Waals surface area contributed by atoms with Gasteiger partial charge < -0.3 is 10.5 Å². The number of hydrogen-bond donors (Lipinski definition) is 1. The second-order valence-corrected chi connectivity index (χ2v) is 4.57. The van der Waals surface area contributed by atoms with E-state index in [1.807, 2.05) is 0 Å². The molecule has 92 valence electrons. The van der Waals surface area contributed by atoms with E-state index in [0.29, 0.717) is 0 Å². The van der Waals surface area contributed by atoms with Crippen molar-refractivity contribution >= 4 is 12.2 Å². The van der Waals surface area contributed by atoms with E-state index in [1.165, 1.54) is 0 Å². The van der Waals surface area contributed by atoms with E-state index < -0.39 is 0 Å². The quantitative estimate of drug-likeness (QED) is 0.686. The smallest absolute Gasteiger partial charge is 0.234 e. The Hall–Kier alpha value is -0.900. The molecule has 0 aromatic rings. The molecule has 1 aliphatic rings. The number of unbranched alkanes of at least 4 members (excludes halogenated alkanes) is 1. The molecule has 4 nitrogen and oxygen atoms in total. The van der Waals surface area contributed by atoms with Gasteiger partial charge in [0.15, 0.2) is 0 Å². The molecular weight excluding hydrogens is 204 g/mol. The summed E-state index contributed by atoms with van der Waals surface area (Å²) >= 11 is 0. The number of nitrogens with two attached hydrogens (primary N) is 1. The molecule has 1 aliphatic heterocycles. The van der Waals surface area contributed by atoms with E-state index in [4.69, 9.17) is 5.73 Å². The monoisotopic (exact) mass is 226 g/mol. The van der Waals surface area contributed by atoms with Gasteiger partial charge in [0.25, 0.3) is 0 Å². The summed E-state index contributed by atoms with van der Waals surface area (Å²) in [7, 11) is 0. The molecule has 0 aromatic carbocycles. The van der Waals surface area contributed by atoms with Crippen molar-refractivity contribution in [3.63, 3.8) is 0 Å². The summed E-state index contributed by atoms with van der Waals surface area (Å²) in [6, 6.07) is -0.132. The Labute approximate surface area is 97.2 Å². The molecule has 1 atom stereocenters. The van der Waals surface area contributed by atoms with Crippen molar-refractivity contribution in [3.8, 4) is 0 Å². The molecule has 0 saturated carbocycles. The average Bonchev–Trinajstić information content (AvgIpc) is 2.30. The lowest BCUT2D eigenvalue weighted by atomic mass is 9.96. The number of primary amides is 1. The predicted molar refractivity (Wildman–Crippen MR) is 62.9 cm³/mol. The highest BCUT2D eigenvalue weighted by Crippen LogP contribution is 2.19. The van der Waals surface area contributed by atoms with E-state index >= 15 is 0 Å². The molecule has 0 bridgehead atoms. The van der Waals surface area contributed by atoms with Crippen LogP contribution in [0.25, 0.3) is 0 Å². The second-order valence-electron chi connectivity index (χ2n) is 4.57. The number of amides is 1. The van der Waals surface area contributed by atoms with Gasteiger partial charge in [-0.3, -0.25) is 9.69 Å². The maximum absolute atomic E-state index is 11.4. The van der Waals surface area contributed by atoms with E-state index in [2.05, 4.69) is 11.8 Å². The van der Waals surface area contributed by atoms with Crippen LogP contribution in [0.5, 0.6) is 0 Å². The summed E-state index contributed by atoms with van der Waals surface area (Å²) in [6.07, 6.45) is 5.70. The molecule has 1 saturated heterocycles. The van der Waals surface area contributed by atoms with Crippen LogP contribution in [0.15, 0.2) is 0 Å². The van der Waals surface area contributed by atoms with E-state index in [0.717, 1.165) is 51.5 Å². The average molecular weight is 226 g/mol. The van der Waals surface area contributed by atoms with Crippen molar-refractivity contribution in [2.45, 2.75) is 45.1 Å². The van der Waals surface area contributed by atoms with Crippen LogP contribution in [-0.2, 0) is 9.59 Å². The normalized spacial score (nSPS) is 20.6. The number of aldehydes is 1. The number of hydrogen-bond acceptors (Lipinski definition) is 3. The zero-order valence-electron chi connectivity index (χ0n) is 10.0. The molecule has 0 aromatic heterocycles. The van der Waals surface area contributed by atoms with Crippen LogP contribution in [0, 0.1) is 5.92 Å². The molecule has 1 fully saturated rings. The van der Waals surface area contributed by atoms with Crippen molar-refractivity contribution in [1.29, 1.82) is 0 Å². The van der Waals surface area contributed by atoms with Gasteiger partial charge in [-0.25, -0.2) is 0 Å². The number of carbonyl (C=O) groups is 2. The number of piperidine rings is 1. The van der Waals surface area contributed by atoms with E-state index in [1.54, 1.807) is 0 Å². The number of rotatable bonds is 6. The number of nitrogens with zero attached hydrogens (tertiary/aromatic N) is 1. The third-order valence-corrected chi connectivity index (χ3v) is 3.37. The first kappa shape index (κ1) is 13.2. The first-order valence-corrected chi connectivity index (χ1v) is 6.17. The van der Waals surface area contributed by atoms with Gasteiger partial charge in [0.2, 0.25) is 5.91 Å². The van der Waals surface area contributed by atoms with Crippen molar-refractivity contribution in [2.24, 2.45) is 11.7 Å². The highest BCUT2D eigenvalue weighted by molar-refractivity contribution is 5.79. The molecule has 16 heavy (non-hydrogen) atoms. The summed E-state index contributed by atoms with van der Waals surface area (Å²) in [4.78, 5) is 24.1. The topological polar surface area (TPSA) is 63.4 Å². The van der Waals surface area contributed by atoms with Crippen LogP contribution in [-0.4, -0.2) is 36.2 Å². The Morgan fingerprint density at radius 3 is 2.56 bits per heavy atom. The minimum Gasteiger partial charge on any atom is -0.368 e. The van der Waals surface area contributed by atoms with Gasteiger partial charge in [-0.1, -0.05) is 19.8 Å². The van der Waals surface area contributed by atoms with Gasteiger partial charge in [0, 0.05) is 5.92 Å². The van der Waals surface area contributed by atoms with Crippen molar-refractivity contribution in [2.75, 3.05) is 13.1 Å². The highest BCUT2D eigenvalue weighted by atomic mass is 16.1. The maximum Gasteiger partial charge on any atom is 0.234 e. The molecule has 2 N–H and O–H groups in total. The Morgan fingerprint density at radius 1 is 1.50 bits per heavy atom. The molecule has 1 rings (SSSR count). The summed E-state index contributed by atoms with van der Waals surface area (Å²) in [6.45, 7) is 3.75. The molecule has 1 heterocycles. The lowest BCUT2D eigenvalue weighted by Crippen LogP contribution is -2.48. The highest BCUT2D eigenvalue weighted by Gasteiger charge is 2.27. The zero-order valence-corrected chi connectivity index (χ0v) is 10.0. The Bertz CT molecular complexity index is 235. The van der Waals surface area contributed by atoms with Crippen molar-refractivity contribution in [1.82, 2.24) is 4.90 Å². The maximum atomic E-state index is 11.4. The van der Waals surface area contributed by atoms with Gasteiger partial charge in [-0.15, -0.1) is 0 Å². The summed E-state index contributed by atoms with van der Waals surface area (Å²) < 4.78 is 0. The second kappa shape index (κ2) is 6.63. The summed E-state index contributed by atoms with van der Waals surface area (Å²) in [5, 5.41) is 0. The molecule has 0 spiro atoms. The molecule has 0 radical (unpaired) electrons. The van der Waals surface area contributed by atoms with Crippen LogP contribution in [0.3, 0.4) is 0 Å². The fraction of sp³-hybridized carbons (Fsp3) is 0.833. The largest absolute Gasteiger partial charge is 0.368 e. The molecule has 1 amide bonds. The standard InChI is InChI=1S/C12H22N2O2/c1-2-3-4-11(12(13)16)14-7-5-10(9-15)6-8-14/h9-11H,2-8H2,1H3,(H2,13,16). The van der Waals surface area contributed by atoms with Gasteiger partial charge in [0.05, 0.1) is 6.04 Å².